The number of anilines is 1. The van der Waals surface area contributed by atoms with Crippen molar-refractivity contribution >= 4 is 11.6 Å². The number of ether oxygens (including phenoxy) is 1. The Labute approximate surface area is 140 Å². The van der Waals surface area contributed by atoms with Crippen LogP contribution < -0.4 is 5.32 Å². The molecular weight excluding hydrogens is 311 g/mol. The second-order valence-corrected chi connectivity index (χ2v) is 6.04. The highest BCUT2D eigenvalue weighted by Gasteiger charge is 2.34. The molecule has 128 valence electrons. The number of benzene rings is 1. The molecule has 24 heavy (non-hydrogen) atoms. The number of nitrogens with zero attached hydrogens (tertiary/aromatic N) is 3. The van der Waals surface area contributed by atoms with E-state index in [9.17, 15) is 9.18 Å². The summed E-state index contributed by atoms with van der Waals surface area (Å²) in [5.41, 5.74) is 1.61. The van der Waals surface area contributed by atoms with E-state index in [4.69, 9.17) is 4.74 Å². The van der Waals surface area contributed by atoms with Crippen molar-refractivity contribution in [3.8, 4) is 5.69 Å². The molecule has 1 N–H and O–H groups in total. The maximum atomic E-state index is 13.9. The highest BCUT2D eigenvalue weighted by molar-refractivity contribution is 5.95. The van der Waals surface area contributed by atoms with Gasteiger partial charge in [0.05, 0.1) is 29.7 Å². The number of halogens is 1. The molecule has 0 bridgehead atoms. The Hall–Kier alpha value is -2.25. The minimum absolute atomic E-state index is 0.0629. The lowest BCUT2D eigenvalue weighted by Crippen LogP contribution is -2.37. The second-order valence-electron chi connectivity index (χ2n) is 6.04. The minimum Gasteiger partial charge on any atom is -0.380 e. The molecule has 1 saturated heterocycles. The van der Waals surface area contributed by atoms with E-state index in [1.165, 1.54) is 10.7 Å². The topological polar surface area (TPSA) is 59.4 Å². The van der Waals surface area contributed by atoms with Crippen LogP contribution in [-0.2, 0) is 9.53 Å². The van der Waals surface area contributed by atoms with Crippen LogP contribution in [0.15, 0.2) is 30.5 Å². The van der Waals surface area contributed by atoms with Gasteiger partial charge in [-0.25, -0.2) is 9.07 Å². The van der Waals surface area contributed by atoms with E-state index in [2.05, 4.69) is 10.4 Å². The van der Waals surface area contributed by atoms with E-state index >= 15 is 0 Å². The van der Waals surface area contributed by atoms with Crippen molar-refractivity contribution in [2.24, 2.45) is 0 Å². The highest BCUT2D eigenvalue weighted by atomic mass is 19.1. The Kier molecular flexibility index (Phi) is 4.64. The molecule has 1 aromatic heterocycles. The number of carbonyl (C=O) groups is 1. The summed E-state index contributed by atoms with van der Waals surface area (Å²) in [6, 6.07) is 6.16. The van der Waals surface area contributed by atoms with Gasteiger partial charge in [-0.2, -0.15) is 5.10 Å². The first kappa shape index (κ1) is 16.6. The zero-order valence-electron chi connectivity index (χ0n) is 14.0. The number of methoxy groups -OCH3 is 1. The quantitative estimate of drug-likeness (QED) is 0.930. The summed E-state index contributed by atoms with van der Waals surface area (Å²) in [5.74, 6) is -0.465. The fourth-order valence-corrected chi connectivity index (χ4v) is 3.04. The SMILES string of the molecule is CO[C@H]1C[C@@H](C(=O)Nc2cnn(-c3ccccc3F)c2C)N(C)C1. The molecule has 2 heterocycles. The first-order valence-corrected chi connectivity index (χ1v) is 7.84. The summed E-state index contributed by atoms with van der Waals surface area (Å²) in [7, 11) is 3.56. The molecule has 0 unspecified atom stereocenters. The van der Waals surface area contributed by atoms with Crippen LogP contribution in [0.4, 0.5) is 10.1 Å². The number of hydrogen-bond donors (Lipinski definition) is 1. The van der Waals surface area contributed by atoms with Crippen molar-refractivity contribution in [3.05, 3.63) is 42.0 Å². The largest absolute Gasteiger partial charge is 0.380 e. The molecule has 1 fully saturated rings. The number of nitrogens with one attached hydrogen (secondary N) is 1. The number of likely N-dealkylation sites (N-methyl/N-ethyl adjacent to an activating group) is 1. The van der Waals surface area contributed by atoms with Gasteiger partial charge < -0.3 is 10.1 Å². The van der Waals surface area contributed by atoms with Gasteiger partial charge in [0.1, 0.15) is 11.5 Å². The van der Waals surface area contributed by atoms with Crippen LogP contribution >= 0.6 is 0 Å². The summed E-state index contributed by atoms with van der Waals surface area (Å²) in [6.45, 7) is 2.52. The first-order valence-electron chi connectivity index (χ1n) is 7.84. The number of para-hydroxylation sites is 1. The fourth-order valence-electron chi connectivity index (χ4n) is 3.04. The van der Waals surface area contributed by atoms with Gasteiger partial charge in [0.25, 0.3) is 0 Å². The lowest BCUT2D eigenvalue weighted by atomic mass is 10.2. The summed E-state index contributed by atoms with van der Waals surface area (Å²) in [6.07, 6.45) is 2.26. The van der Waals surface area contributed by atoms with Gasteiger partial charge in [-0.1, -0.05) is 12.1 Å². The first-order chi connectivity index (χ1) is 11.5. The summed E-state index contributed by atoms with van der Waals surface area (Å²) >= 11 is 0. The van der Waals surface area contributed by atoms with Gasteiger partial charge in [0.15, 0.2) is 0 Å². The maximum absolute atomic E-state index is 13.9. The lowest BCUT2D eigenvalue weighted by molar-refractivity contribution is -0.120. The predicted molar refractivity (Wildman–Crippen MR) is 88.7 cm³/mol. The van der Waals surface area contributed by atoms with Crippen LogP contribution in [0, 0.1) is 12.7 Å². The molecule has 3 rings (SSSR count). The van der Waals surface area contributed by atoms with Crippen LogP contribution in [0.3, 0.4) is 0 Å². The van der Waals surface area contributed by atoms with Crippen molar-refractivity contribution in [2.75, 3.05) is 26.0 Å². The highest BCUT2D eigenvalue weighted by Crippen LogP contribution is 2.23. The standard InChI is InChI=1S/C17H21FN4O2/c1-11-14(9-19-22(11)15-7-5-4-6-13(15)18)20-17(23)16-8-12(24-3)10-21(16)2/h4-7,9,12,16H,8,10H2,1-3H3,(H,20,23)/t12-,16-/m0/s1. The van der Waals surface area contributed by atoms with Crippen molar-refractivity contribution < 1.29 is 13.9 Å². The minimum atomic E-state index is -0.361. The Morgan fingerprint density at radius 2 is 2.17 bits per heavy atom. The Morgan fingerprint density at radius 3 is 2.83 bits per heavy atom. The average molecular weight is 332 g/mol. The Balaban J connectivity index is 1.77. The number of likely N-dealkylation sites (tertiary alicyclic amines) is 1. The molecule has 7 heteroatoms. The van der Waals surface area contributed by atoms with Gasteiger partial charge in [-0.3, -0.25) is 9.69 Å². The molecule has 1 amide bonds. The number of carbonyl (C=O) groups excluding carboxylic acids is 1. The van der Waals surface area contributed by atoms with E-state index in [1.54, 1.807) is 38.4 Å². The van der Waals surface area contributed by atoms with Gasteiger partial charge >= 0.3 is 0 Å². The zero-order chi connectivity index (χ0) is 17.3. The van der Waals surface area contributed by atoms with Crippen LogP contribution in [0.5, 0.6) is 0 Å². The third-order valence-electron chi connectivity index (χ3n) is 4.49. The smallest absolute Gasteiger partial charge is 0.241 e. The van der Waals surface area contributed by atoms with E-state index in [1.807, 2.05) is 11.9 Å². The van der Waals surface area contributed by atoms with Crippen molar-refractivity contribution in [3.63, 3.8) is 0 Å². The molecule has 0 radical (unpaired) electrons. The molecular formula is C17H21FN4O2. The number of amides is 1. The van der Waals surface area contributed by atoms with E-state index < -0.39 is 0 Å². The number of aromatic nitrogens is 2. The van der Waals surface area contributed by atoms with Crippen LogP contribution in [0.1, 0.15) is 12.1 Å². The normalized spacial score (nSPS) is 21.2. The number of rotatable bonds is 4. The van der Waals surface area contributed by atoms with E-state index in [0.29, 0.717) is 23.5 Å². The Morgan fingerprint density at radius 1 is 1.42 bits per heavy atom. The molecule has 1 aliphatic rings. The fraction of sp³-hybridized carbons (Fsp3) is 0.412. The third-order valence-corrected chi connectivity index (χ3v) is 4.49. The molecule has 2 atom stereocenters. The van der Waals surface area contributed by atoms with E-state index in [-0.39, 0.29) is 23.9 Å². The second kappa shape index (κ2) is 6.70. The van der Waals surface area contributed by atoms with Crippen molar-refractivity contribution in [2.45, 2.75) is 25.5 Å². The van der Waals surface area contributed by atoms with Crippen LogP contribution in [0.25, 0.3) is 5.69 Å². The summed E-state index contributed by atoms with van der Waals surface area (Å²) in [5, 5.41) is 7.10. The van der Waals surface area contributed by atoms with E-state index in [0.717, 1.165) is 6.54 Å². The molecule has 0 aliphatic carbocycles. The predicted octanol–water partition coefficient (Wildman–Crippen LogP) is 1.98. The van der Waals surface area contributed by atoms with Crippen LogP contribution in [0.2, 0.25) is 0 Å². The Bertz CT molecular complexity index is 746. The molecule has 2 aromatic rings. The maximum Gasteiger partial charge on any atom is 0.241 e. The van der Waals surface area contributed by atoms with Gasteiger partial charge in [0, 0.05) is 13.7 Å². The molecule has 0 saturated carbocycles. The van der Waals surface area contributed by atoms with Crippen molar-refractivity contribution in [1.29, 1.82) is 0 Å². The molecule has 6 nitrogen and oxygen atoms in total. The van der Waals surface area contributed by atoms with Crippen LogP contribution in [-0.4, -0.2) is 53.4 Å². The van der Waals surface area contributed by atoms with Crippen molar-refractivity contribution in [1.82, 2.24) is 14.7 Å². The van der Waals surface area contributed by atoms with Gasteiger partial charge in [0.2, 0.25) is 5.91 Å². The monoisotopic (exact) mass is 332 g/mol. The lowest BCUT2D eigenvalue weighted by Gasteiger charge is -2.18. The number of hydrogen-bond acceptors (Lipinski definition) is 4. The zero-order valence-corrected chi connectivity index (χ0v) is 14.0. The average Bonchev–Trinajstić information content (AvgIpc) is 3.12. The van der Waals surface area contributed by atoms with Gasteiger partial charge in [-0.15, -0.1) is 0 Å². The van der Waals surface area contributed by atoms with Gasteiger partial charge in [-0.05, 0) is 32.5 Å². The molecule has 0 spiro atoms. The molecule has 1 aromatic carbocycles. The third kappa shape index (κ3) is 3.05. The summed E-state index contributed by atoms with van der Waals surface area (Å²) in [4.78, 5) is 14.5. The summed E-state index contributed by atoms with van der Waals surface area (Å²) < 4.78 is 20.8. The molecule has 1 aliphatic heterocycles.